The molecule has 1 fully saturated rings. The lowest BCUT2D eigenvalue weighted by Crippen LogP contribution is -2.27. The molecule has 3 nitrogen and oxygen atoms in total. The monoisotopic (exact) mass is 343 g/mol. The molecule has 0 bridgehead atoms. The topological polar surface area (TPSA) is 37.8 Å². The van der Waals surface area contributed by atoms with E-state index in [1.54, 1.807) is 0 Å². The Morgan fingerprint density at radius 1 is 1.14 bits per heavy atom. The van der Waals surface area contributed by atoms with Gasteiger partial charge in [-0.25, -0.2) is 9.97 Å². The molecule has 2 aromatic rings. The third-order valence-corrected chi connectivity index (χ3v) is 4.78. The maximum absolute atomic E-state index is 4.90. The summed E-state index contributed by atoms with van der Waals surface area (Å²) < 4.78 is 1.11. The molecule has 0 spiro atoms. The SMILES string of the molecule is Brc1ccc(Cc2nc3c(c(C4CC4)n2)CNCC3)cc1. The van der Waals surface area contributed by atoms with E-state index in [2.05, 4.69) is 45.5 Å². The molecule has 4 heteroatoms. The third kappa shape index (κ3) is 2.87. The van der Waals surface area contributed by atoms with E-state index in [-0.39, 0.29) is 0 Å². The Hall–Kier alpha value is -1.26. The van der Waals surface area contributed by atoms with Crippen molar-refractivity contribution in [3.63, 3.8) is 0 Å². The van der Waals surface area contributed by atoms with E-state index < -0.39 is 0 Å². The summed E-state index contributed by atoms with van der Waals surface area (Å²) in [7, 11) is 0. The van der Waals surface area contributed by atoms with Crippen LogP contribution >= 0.6 is 15.9 Å². The molecule has 1 saturated carbocycles. The lowest BCUT2D eigenvalue weighted by Gasteiger charge is -2.20. The van der Waals surface area contributed by atoms with Gasteiger partial charge >= 0.3 is 0 Å². The molecule has 0 atom stereocenters. The van der Waals surface area contributed by atoms with Gasteiger partial charge in [-0.2, -0.15) is 0 Å². The van der Waals surface area contributed by atoms with Gasteiger partial charge in [0.05, 0.1) is 11.4 Å². The molecule has 21 heavy (non-hydrogen) atoms. The predicted octanol–water partition coefficient (Wildman–Crippen LogP) is 3.35. The summed E-state index contributed by atoms with van der Waals surface area (Å²) in [5, 5.41) is 3.45. The van der Waals surface area contributed by atoms with E-state index in [0.717, 1.165) is 36.2 Å². The standard InChI is InChI=1S/C17H18BrN3/c18-13-5-1-11(2-6-13)9-16-20-15-7-8-19-10-14(15)17(21-16)12-3-4-12/h1-2,5-6,12,19H,3-4,7-10H2. The largest absolute Gasteiger partial charge is 0.312 e. The molecule has 4 rings (SSSR count). The van der Waals surface area contributed by atoms with Crippen LogP contribution in [-0.4, -0.2) is 16.5 Å². The van der Waals surface area contributed by atoms with E-state index in [1.807, 2.05) is 0 Å². The van der Waals surface area contributed by atoms with Crippen LogP contribution in [-0.2, 0) is 19.4 Å². The molecule has 1 aromatic heterocycles. The first kappa shape index (κ1) is 13.4. The van der Waals surface area contributed by atoms with Crippen molar-refractivity contribution in [3.05, 3.63) is 57.1 Å². The lowest BCUT2D eigenvalue weighted by atomic mass is 10.0. The second kappa shape index (κ2) is 5.50. The van der Waals surface area contributed by atoms with Crippen LogP contribution in [0, 0.1) is 0 Å². The van der Waals surface area contributed by atoms with Crippen molar-refractivity contribution in [2.24, 2.45) is 0 Å². The number of benzene rings is 1. The fourth-order valence-electron chi connectivity index (χ4n) is 2.98. The van der Waals surface area contributed by atoms with Gasteiger partial charge in [-0.3, -0.25) is 0 Å². The van der Waals surface area contributed by atoms with Crippen LogP contribution in [0.4, 0.5) is 0 Å². The van der Waals surface area contributed by atoms with Gasteiger partial charge in [0.25, 0.3) is 0 Å². The Balaban J connectivity index is 1.68. The van der Waals surface area contributed by atoms with Crippen molar-refractivity contribution in [1.82, 2.24) is 15.3 Å². The first-order chi connectivity index (χ1) is 10.3. The van der Waals surface area contributed by atoms with Gasteiger partial charge in [0.15, 0.2) is 0 Å². The molecule has 0 saturated heterocycles. The number of hydrogen-bond acceptors (Lipinski definition) is 3. The van der Waals surface area contributed by atoms with E-state index >= 15 is 0 Å². The maximum Gasteiger partial charge on any atom is 0.133 e. The minimum Gasteiger partial charge on any atom is -0.312 e. The van der Waals surface area contributed by atoms with Gasteiger partial charge in [-0.05, 0) is 30.5 Å². The van der Waals surface area contributed by atoms with Gasteiger partial charge in [-0.15, -0.1) is 0 Å². The Morgan fingerprint density at radius 2 is 1.95 bits per heavy atom. The molecule has 1 aliphatic heterocycles. The smallest absolute Gasteiger partial charge is 0.133 e. The third-order valence-electron chi connectivity index (χ3n) is 4.25. The molecule has 1 aromatic carbocycles. The fourth-order valence-corrected chi connectivity index (χ4v) is 3.24. The van der Waals surface area contributed by atoms with E-state index in [9.17, 15) is 0 Å². The van der Waals surface area contributed by atoms with Crippen LogP contribution in [0.15, 0.2) is 28.7 Å². The minimum atomic E-state index is 0.685. The number of halogens is 1. The van der Waals surface area contributed by atoms with Crippen molar-refractivity contribution >= 4 is 15.9 Å². The number of fused-ring (bicyclic) bond motifs is 1. The Labute approximate surface area is 133 Å². The number of aromatic nitrogens is 2. The zero-order chi connectivity index (χ0) is 14.2. The minimum absolute atomic E-state index is 0.685. The van der Waals surface area contributed by atoms with Crippen molar-refractivity contribution in [1.29, 1.82) is 0 Å². The average molecular weight is 344 g/mol. The quantitative estimate of drug-likeness (QED) is 0.928. The highest BCUT2D eigenvalue weighted by atomic mass is 79.9. The molecule has 0 amide bonds. The van der Waals surface area contributed by atoms with E-state index in [1.165, 1.54) is 35.4 Å². The molecule has 1 N–H and O–H groups in total. The van der Waals surface area contributed by atoms with Gasteiger partial charge in [0, 0.05) is 41.9 Å². The predicted molar refractivity (Wildman–Crippen MR) is 86.4 cm³/mol. The number of hydrogen-bond donors (Lipinski definition) is 1. The second-order valence-corrected chi connectivity index (χ2v) is 6.87. The van der Waals surface area contributed by atoms with Crippen molar-refractivity contribution in [2.75, 3.05) is 6.54 Å². The summed E-state index contributed by atoms with van der Waals surface area (Å²) in [5.41, 5.74) is 5.24. The molecule has 2 heterocycles. The first-order valence-electron chi connectivity index (χ1n) is 7.63. The number of nitrogens with one attached hydrogen (secondary N) is 1. The zero-order valence-electron chi connectivity index (χ0n) is 11.9. The summed E-state index contributed by atoms with van der Waals surface area (Å²) in [5.74, 6) is 1.67. The van der Waals surface area contributed by atoms with Crippen molar-refractivity contribution in [2.45, 2.75) is 38.1 Å². The van der Waals surface area contributed by atoms with Crippen LogP contribution < -0.4 is 5.32 Å². The molecule has 0 radical (unpaired) electrons. The maximum atomic E-state index is 4.90. The van der Waals surface area contributed by atoms with Crippen LogP contribution in [0.2, 0.25) is 0 Å². The van der Waals surface area contributed by atoms with Gasteiger partial charge < -0.3 is 5.32 Å². The normalized spacial score (nSPS) is 17.6. The molecule has 2 aliphatic rings. The van der Waals surface area contributed by atoms with Gasteiger partial charge in [-0.1, -0.05) is 28.1 Å². The van der Waals surface area contributed by atoms with Gasteiger partial charge in [0.1, 0.15) is 5.82 Å². The summed E-state index contributed by atoms with van der Waals surface area (Å²) in [4.78, 5) is 9.74. The van der Waals surface area contributed by atoms with E-state index in [0.29, 0.717) is 5.92 Å². The summed E-state index contributed by atoms with van der Waals surface area (Å²) in [6.45, 7) is 1.98. The van der Waals surface area contributed by atoms with E-state index in [4.69, 9.17) is 9.97 Å². The van der Waals surface area contributed by atoms with Crippen molar-refractivity contribution < 1.29 is 0 Å². The molecular formula is C17H18BrN3. The second-order valence-electron chi connectivity index (χ2n) is 5.95. The zero-order valence-corrected chi connectivity index (χ0v) is 13.5. The first-order valence-corrected chi connectivity index (χ1v) is 8.42. The fraction of sp³-hybridized carbons (Fsp3) is 0.412. The highest BCUT2D eigenvalue weighted by Crippen LogP contribution is 2.41. The molecule has 0 unspecified atom stereocenters. The van der Waals surface area contributed by atoms with Crippen LogP contribution in [0.3, 0.4) is 0 Å². The summed E-state index contributed by atoms with van der Waals surface area (Å²) >= 11 is 3.48. The molecule has 1 aliphatic carbocycles. The average Bonchev–Trinajstić information content (AvgIpc) is 3.33. The molecule has 108 valence electrons. The molecular weight excluding hydrogens is 326 g/mol. The summed E-state index contributed by atoms with van der Waals surface area (Å²) in [6, 6.07) is 8.45. The summed E-state index contributed by atoms with van der Waals surface area (Å²) in [6.07, 6.45) is 4.45. The lowest BCUT2D eigenvalue weighted by molar-refractivity contribution is 0.610. The van der Waals surface area contributed by atoms with Crippen LogP contribution in [0.1, 0.15) is 47.1 Å². The Morgan fingerprint density at radius 3 is 2.71 bits per heavy atom. The van der Waals surface area contributed by atoms with Crippen LogP contribution in [0.5, 0.6) is 0 Å². The van der Waals surface area contributed by atoms with Gasteiger partial charge in [0.2, 0.25) is 0 Å². The highest BCUT2D eigenvalue weighted by molar-refractivity contribution is 9.10. The number of rotatable bonds is 3. The highest BCUT2D eigenvalue weighted by Gasteiger charge is 2.30. The Bertz CT molecular complexity index is 662. The number of nitrogens with zero attached hydrogens (tertiary/aromatic N) is 2. The van der Waals surface area contributed by atoms with Crippen LogP contribution in [0.25, 0.3) is 0 Å². The Kier molecular flexibility index (Phi) is 3.51. The van der Waals surface area contributed by atoms with Crippen molar-refractivity contribution in [3.8, 4) is 0 Å².